The molecule has 1 heterocycles. The summed E-state index contributed by atoms with van der Waals surface area (Å²) in [5.74, 6) is -1.47. The van der Waals surface area contributed by atoms with Crippen LogP contribution in [0.25, 0.3) is 0 Å². The molecule has 1 rings (SSSR count). The van der Waals surface area contributed by atoms with E-state index in [0.717, 1.165) is 5.01 Å². The largest absolute Gasteiger partial charge is 0.480 e. The summed E-state index contributed by atoms with van der Waals surface area (Å²) in [5.41, 5.74) is 0.275. The number of hydrogen-bond donors (Lipinski definition) is 2. The molecule has 15 heavy (non-hydrogen) atoms. The Morgan fingerprint density at radius 2 is 2.33 bits per heavy atom. The molecular weight excluding hydrogens is 216 g/mol. The van der Waals surface area contributed by atoms with Crippen molar-refractivity contribution < 1.29 is 14.7 Å². The van der Waals surface area contributed by atoms with Gasteiger partial charge in [-0.2, -0.15) is 0 Å². The van der Waals surface area contributed by atoms with Crippen LogP contribution in [0.2, 0.25) is 0 Å². The Morgan fingerprint density at radius 1 is 1.67 bits per heavy atom. The molecule has 0 unspecified atom stereocenters. The van der Waals surface area contributed by atoms with Crippen molar-refractivity contribution in [3.63, 3.8) is 0 Å². The standard InChI is InChI=1S/C9H12N2O3S/c1-3-6(9(13)14)11-8(12)7-4-15-5(2)10-7/h4,6H,3H2,1-2H3,(H,11,12)(H,13,14)/t6-/m0/s1. The minimum atomic E-state index is -1.03. The number of thiazole rings is 1. The Balaban J connectivity index is 2.66. The molecule has 6 heteroatoms. The number of nitrogens with one attached hydrogen (secondary N) is 1. The first kappa shape index (κ1) is 11.6. The summed E-state index contributed by atoms with van der Waals surface area (Å²) in [7, 11) is 0. The van der Waals surface area contributed by atoms with Crippen molar-refractivity contribution in [2.24, 2.45) is 0 Å². The zero-order valence-electron chi connectivity index (χ0n) is 8.48. The van der Waals surface area contributed by atoms with Crippen LogP contribution in [0.5, 0.6) is 0 Å². The van der Waals surface area contributed by atoms with E-state index in [1.807, 2.05) is 0 Å². The minimum Gasteiger partial charge on any atom is -0.480 e. The molecule has 1 amide bonds. The Labute approximate surface area is 91.1 Å². The maximum Gasteiger partial charge on any atom is 0.326 e. The van der Waals surface area contributed by atoms with Crippen molar-refractivity contribution in [1.82, 2.24) is 10.3 Å². The van der Waals surface area contributed by atoms with E-state index >= 15 is 0 Å². The van der Waals surface area contributed by atoms with E-state index in [2.05, 4.69) is 10.3 Å². The fourth-order valence-electron chi connectivity index (χ4n) is 1.04. The van der Waals surface area contributed by atoms with Gasteiger partial charge in [-0.05, 0) is 13.3 Å². The average molecular weight is 228 g/mol. The molecule has 0 aliphatic rings. The predicted octanol–water partition coefficient (Wildman–Crippen LogP) is 1.04. The SMILES string of the molecule is CC[C@H](NC(=O)c1csc(C)n1)C(=O)O. The van der Waals surface area contributed by atoms with E-state index in [0.29, 0.717) is 6.42 Å². The second kappa shape index (κ2) is 4.88. The van der Waals surface area contributed by atoms with Gasteiger partial charge >= 0.3 is 5.97 Å². The number of aromatic nitrogens is 1. The van der Waals surface area contributed by atoms with E-state index in [1.165, 1.54) is 11.3 Å². The Hall–Kier alpha value is -1.43. The molecule has 0 aromatic carbocycles. The van der Waals surface area contributed by atoms with Gasteiger partial charge in [0.05, 0.1) is 5.01 Å². The van der Waals surface area contributed by atoms with E-state index in [4.69, 9.17) is 5.11 Å². The summed E-state index contributed by atoms with van der Waals surface area (Å²) in [6.45, 7) is 3.49. The van der Waals surface area contributed by atoms with Gasteiger partial charge in [-0.15, -0.1) is 11.3 Å². The monoisotopic (exact) mass is 228 g/mol. The molecule has 1 aromatic rings. The number of carboxylic acids is 1. The highest BCUT2D eigenvalue weighted by atomic mass is 32.1. The van der Waals surface area contributed by atoms with Crippen LogP contribution in [0.4, 0.5) is 0 Å². The van der Waals surface area contributed by atoms with Crippen LogP contribution in [0.1, 0.15) is 28.8 Å². The number of hydrogen-bond acceptors (Lipinski definition) is 4. The molecular formula is C9H12N2O3S. The predicted molar refractivity (Wildman–Crippen MR) is 56.0 cm³/mol. The average Bonchev–Trinajstić information content (AvgIpc) is 2.60. The second-order valence-electron chi connectivity index (χ2n) is 3.02. The molecule has 0 aliphatic heterocycles. The lowest BCUT2D eigenvalue weighted by Crippen LogP contribution is -2.40. The third kappa shape index (κ3) is 3.02. The van der Waals surface area contributed by atoms with Gasteiger partial charge in [-0.25, -0.2) is 9.78 Å². The summed E-state index contributed by atoms with van der Waals surface area (Å²) in [6, 6.07) is -0.848. The summed E-state index contributed by atoms with van der Waals surface area (Å²) in [6.07, 6.45) is 0.351. The first-order valence-electron chi connectivity index (χ1n) is 4.50. The highest BCUT2D eigenvalue weighted by molar-refractivity contribution is 7.09. The van der Waals surface area contributed by atoms with Crippen LogP contribution >= 0.6 is 11.3 Å². The van der Waals surface area contributed by atoms with Gasteiger partial charge in [0.2, 0.25) is 0 Å². The second-order valence-corrected chi connectivity index (χ2v) is 4.09. The number of aryl methyl sites for hydroxylation is 1. The van der Waals surface area contributed by atoms with Crippen molar-refractivity contribution in [1.29, 1.82) is 0 Å². The number of carboxylic acid groups (broad SMARTS) is 1. The number of amides is 1. The molecule has 2 N–H and O–H groups in total. The maximum atomic E-state index is 11.5. The maximum absolute atomic E-state index is 11.5. The number of aliphatic carboxylic acids is 1. The van der Waals surface area contributed by atoms with Gasteiger partial charge in [-0.3, -0.25) is 4.79 Å². The quantitative estimate of drug-likeness (QED) is 0.807. The smallest absolute Gasteiger partial charge is 0.326 e. The van der Waals surface area contributed by atoms with Gasteiger partial charge in [-0.1, -0.05) is 6.92 Å². The van der Waals surface area contributed by atoms with Gasteiger partial charge in [0.25, 0.3) is 5.91 Å². The molecule has 0 saturated heterocycles. The van der Waals surface area contributed by atoms with Gasteiger partial charge < -0.3 is 10.4 Å². The van der Waals surface area contributed by atoms with Gasteiger partial charge in [0.1, 0.15) is 11.7 Å². The minimum absolute atomic E-state index is 0.275. The summed E-state index contributed by atoms with van der Waals surface area (Å²) < 4.78 is 0. The third-order valence-electron chi connectivity index (χ3n) is 1.86. The van der Waals surface area contributed by atoms with Crippen molar-refractivity contribution in [2.45, 2.75) is 26.3 Å². The van der Waals surface area contributed by atoms with Crippen LogP contribution in [0.15, 0.2) is 5.38 Å². The zero-order valence-corrected chi connectivity index (χ0v) is 9.30. The fraction of sp³-hybridized carbons (Fsp3) is 0.444. The lowest BCUT2D eigenvalue weighted by Gasteiger charge is -2.10. The summed E-state index contributed by atoms with van der Waals surface area (Å²) in [4.78, 5) is 26.1. The molecule has 1 aromatic heterocycles. The van der Waals surface area contributed by atoms with Gasteiger partial charge in [0.15, 0.2) is 0 Å². The number of rotatable bonds is 4. The van der Waals surface area contributed by atoms with E-state index in [1.54, 1.807) is 19.2 Å². The first-order chi connectivity index (χ1) is 7.04. The highest BCUT2D eigenvalue weighted by Crippen LogP contribution is 2.08. The van der Waals surface area contributed by atoms with Gasteiger partial charge in [0, 0.05) is 5.38 Å². The van der Waals surface area contributed by atoms with Crippen molar-refractivity contribution >= 4 is 23.2 Å². The number of carbonyl (C=O) groups is 2. The first-order valence-corrected chi connectivity index (χ1v) is 5.38. The van der Waals surface area contributed by atoms with Crippen molar-refractivity contribution in [3.8, 4) is 0 Å². The lowest BCUT2D eigenvalue weighted by atomic mass is 10.2. The molecule has 5 nitrogen and oxygen atoms in total. The van der Waals surface area contributed by atoms with Crippen LogP contribution in [-0.4, -0.2) is 28.0 Å². The molecule has 0 fully saturated rings. The van der Waals surface area contributed by atoms with Crippen LogP contribution in [0.3, 0.4) is 0 Å². The van der Waals surface area contributed by atoms with Crippen molar-refractivity contribution in [2.75, 3.05) is 0 Å². The molecule has 0 saturated carbocycles. The summed E-state index contributed by atoms with van der Waals surface area (Å²) in [5, 5.41) is 13.5. The van der Waals surface area contributed by atoms with E-state index in [9.17, 15) is 9.59 Å². The normalized spacial score (nSPS) is 12.1. The Kier molecular flexibility index (Phi) is 3.79. The molecule has 0 radical (unpaired) electrons. The fourth-order valence-corrected chi connectivity index (χ4v) is 1.63. The molecule has 1 atom stereocenters. The Morgan fingerprint density at radius 3 is 2.73 bits per heavy atom. The number of nitrogens with zero attached hydrogens (tertiary/aromatic N) is 1. The third-order valence-corrected chi connectivity index (χ3v) is 2.64. The Bertz CT molecular complexity index is 375. The molecule has 82 valence electrons. The van der Waals surface area contributed by atoms with E-state index < -0.39 is 17.9 Å². The highest BCUT2D eigenvalue weighted by Gasteiger charge is 2.19. The molecule has 0 aliphatic carbocycles. The zero-order chi connectivity index (χ0) is 11.4. The van der Waals surface area contributed by atoms with E-state index in [-0.39, 0.29) is 5.69 Å². The molecule has 0 spiro atoms. The van der Waals surface area contributed by atoms with Crippen LogP contribution in [0, 0.1) is 6.92 Å². The number of carbonyl (C=O) groups excluding carboxylic acids is 1. The van der Waals surface area contributed by atoms with Crippen LogP contribution in [-0.2, 0) is 4.79 Å². The van der Waals surface area contributed by atoms with Crippen LogP contribution < -0.4 is 5.32 Å². The lowest BCUT2D eigenvalue weighted by molar-refractivity contribution is -0.139. The van der Waals surface area contributed by atoms with Crippen molar-refractivity contribution in [3.05, 3.63) is 16.1 Å². The topological polar surface area (TPSA) is 79.3 Å². The summed E-state index contributed by atoms with van der Waals surface area (Å²) >= 11 is 1.36. The molecule has 0 bridgehead atoms.